The van der Waals surface area contributed by atoms with Crippen LogP contribution in [0.1, 0.15) is 25.3 Å². The van der Waals surface area contributed by atoms with E-state index in [4.69, 9.17) is 11.6 Å². The second kappa shape index (κ2) is 9.33. The normalized spacial score (nSPS) is 11.0. The number of hydrogen-bond acceptors (Lipinski definition) is 5. The maximum atomic E-state index is 12.5. The number of nitrogens with zero attached hydrogens (tertiary/aromatic N) is 4. The number of aromatic nitrogens is 3. The quantitative estimate of drug-likeness (QED) is 0.544. The summed E-state index contributed by atoms with van der Waals surface area (Å²) < 4.78 is 1.88. The fourth-order valence-corrected chi connectivity index (χ4v) is 3.98. The number of hydrogen-bond donors (Lipinski definition) is 1. The lowest BCUT2D eigenvalue weighted by molar-refractivity contribution is -0.113. The van der Waals surface area contributed by atoms with Gasteiger partial charge in [0.1, 0.15) is 6.33 Å². The molecule has 6 nitrogen and oxygen atoms in total. The molecule has 0 unspecified atom stereocenters. The number of para-hydroxylation sites is 1. The van der Waals surface area contributed by atoms with Crippen LogP contribution in [0.25, 0.3) is 5.69 Å². The van der Waals surface area contributed by atoms with E-state index in [1.807, 2.05) is 47.8 Å². The molecule has 29 heavy (non-hydrogen) atoms. The minimum Gasteiger partial charge on any atom is -0.375 e. The smallest absolute Gasteiger partial charge is 0.234 e. The second-order valence-corrected chi connectivity index (χ2v) is 8.45. The molecule has 0 fully saturated rings. The van der Waals surface area contributed by atoms with Crippen LogP contribution in [0.2, 0.25) is 5.02 Å². The molecular weight excluding hydrogens is 406 g/mol. The van der Waals surface area contributed by atoms with Crippen LogP contribution in [0.15, 0.2) is 53.9 Å². The molecule has 0 aliphatic rings. The number of thioether (sulfide) groups is 1. The van der Waals surface area contributed by atoms with Crippen LogP contribution >= 0.6 is 23.4 Å². The summed E-state index contributed by atoms with van der Waals surface area (Å²) in [5.74, 6) is 0.549. The van der Waals surface area contributed by atoms with Gasteiger partial charge >= 0.3 is 0 Å². The zero-order valence-corrected chi connectivity index (χ0v) is 18.5. The third kappa shape index (κ3) is 5.10. The summed E-state index contributed by atoms with van der Waals surface area (Å²) in [4.78, 5) is 14.4. The van der Waals surface area contributed by atoms with Gasteiger partial charge in [-0.25, -0.2) is 0 Å². The molecule has 1 N–H and O–H groups in total. The highest BCUT2D eigenvalue weighted by Gasteiger charge is 2.14. The molecule has 1 aromatic heterocycles. The van der Waals surface area contributed by atoms with E-state index in [2.05, 4.69) is 41.5 Å². The summed E-state index contributed by atoms with van der Waals surface area (Å²) in [6.45, 7) is 4.32. The summed E-state index contributed by atoms with van der Waals surface area (Å²) in [5, 5.41) is 12.3. The summed E-state index contributed by atoms with van der Waals surface area (Å²) in [5.41, 5.74) is 3.69. The lowest BCUT2D eigenvalue weighted by Crippen LogP contribution is -2.18. The largest absolute Gasteiger partial charge is 0.375 e. The molecule has 8 heteroatoms. The molecule has 0 aliphatic carbocycles. The Kier molecular flexibility index (Phi) is 6.82. The lowest BCUT2D eigenvalue weighted by Gasteiger charge is -2.19. The summed E-state index contributed by atoms with van der Waals surface area (Å²) in [6, 6.07) is 13.7. The third-order valence-corrected chi connectivity index (χ3v) is 5.64. The van der Waals surface area contributed by atoms with Crippen LogP contribution in [0.4, 0.5) is 11.4 Å². The van der Waals surface area contributed by atoms with E-state index in [1.165, 1.54) is 17.3 Å². The summed E-state index contributed by atoms with van der Waals surface area (Å²) in [6.07, 6.45) is 1.66. The topological polar surface area (TPSA) is 63.1 Å². The molecule has 0 atom stereocenters. The summed E-state index contributed by atoms with van der Waals surface area (Å²) in [7, 11) is 3.78. The van der Waals surface area contributed by atoms with E-state index >= 15 is 0 Å². The molecule has 1 amide bonds. The van der Waals surface area contributed by atoms with Gasteiger partial charge in [0.05, 0.1) is 22.2 Å². The van der Waals surface area contributed by atoms with E-state index in [0.29, 0.717) is 21.8 Å². The first kappa shape index (κ1) is 21.2. The number of nitrogens with one attached hydrogen (secondary N) is 1. The van der Waals surface area contributed by atoms with E-state index in [-0.39, 0.29) is 11.7 Å². The van der Waals surface area contributed by atoms with Crippen LogP contribution in [0.5, 0.6) is 0 Å². The van der Waals surface area contributed by atoms with Crippen molar-refractivity contribution in [2.45, 2.75) is 24.9 Å². The van der Waals surface area contributed by atoms with Crippen molar-refractivity contribution < 1.29 is 4.79 Å². The molecule has 1 heterocycles. The monoisotopic (exact) mass is 429 g/mol. The first-order chi connectivity index (χ1) is 13.9. The molecule has 2 aromatic carbocycles. The van der Waals surface area contributed by atoms with Crippen molar-refractivity contribution in [1.29, 1.82) is 0 Å². The van der Waals surface area contributed by atoms with Crippen molar-refractivity contribution in [1.82, 2.24) is 14.8 Å². The highest BCUT2D eigenvalue weighted by molar-refractivity contribution is 7.99. The van der Waals surface area contributed by atoms with Crippen molar-refractivity contribution in [3.63, 3.8) is 0 Å². The maximum absolute atomic E-state index is 12.5. The van der Waals surface area contributed by atoms with Crippen LogP contribution in [0, 0.1) is 0 Å². The Balaban J connectivity index is 1.68. The molecular formula is C21H24ClN5OS. The lowest BCUT2D eigenvalue weighted by atomic mass is 10.0. The number of rotatable bonds is 7. The number of carbonyl (C=O) groups excluding carboxylic acids is 1. The Hall–Kier alpha value is -2.51. The van der Waals surface area contributed by atoms with Crippen molar-refractivity contribution in [3.8, 4) is 5.69 Å². The first-order valence-corrected chi connectivity index (χ1v) is 10.6. The third-order valence-electron chi connectivity index (χ3n) is 4.39. The number of anilines is 2. The van der Waals surface area contributed by atoms with Gasteiger partial charge in [-0.1, -0.05) is 55.4 Å². The fourth-order valence-electron chi connectivity index (χ4n) is 2.91. The molecule has 0 saturated heterocycles. The van der Waals surface area contributed by atoms with E-state index < -0.39 is 0 Å². The predicted molar refractivity (Wildman–Crippen MR) is 121 cm³/mol. The van der Waals surface area contributed by atoms with Gasteiger partial charge < -0.3 is 10.2 Å². The average Bonchev–Trinajstić information content (AvgIpc) is 3.15. The van der Waals surface area contributed by atoms with Crippen LogP contribution < -0.4 is 10.2 Å². The molecule has 3 rings (SSSR count). The zero-order valence-electron chi connectivity index (χ0n) is 16.9. The number of halogens is 1. The van der Waals surface area contributed by atoms with Gasteiger partial charge in [-0.3, -0.25) is 9.36 Å². The van der Waals surface area contributed by atoms with E-state index in [9.17, 15) is 4.79 Å². The van der Waals surface area contributed by atoms with Gasteiger partial charge in [0.2, 0.25) is 5.91 Å². The Bertz CT molecular complexity index is 985. The zero-order chi connectivity index (χ0) is 21.0. The molecule has 3 aromatic rings. The Morgan fingerprint density at radius 1 is 1.21 bits per heavy atom. The molecule has 0 bridgehead atoms. The minimum atomic E-state index is -0.134. The Labute approximate surface area is 180 Å². The fraction of sp³-hybridized carbons (Fsp3) is 0.286. The van der Waals surface area contributed by atoms with Crippen molar-refractivity contribution in [3.05, 3.63) is 59.4 Å². The first-order valence-electron chi connectivity index (χ1n) is 9.25. The highest BCUT2D eigenvalue weighted by atomic mass is 35.5. The number of benzene rings is 2. The molecule has 0 aliphatic heterocycles. The minimum absolute atomic E-state index is 0.134. The van der Waals surface area contributed by atoms with Crippen molar-refractivity contribution in [2.75, 3.05) is 30.1 Å². The van der Waals surface area contributed by atoms with Gasteiger partial charge in [-0.2, -0.15) is 0 Å². The Morgan fingerprint density at radius 2 is 1.93 bits per heavy atom. The number of carbonyl (C=O) groups is 1. The SMILES string of the molecule is CC(C)c1ccc(-n2cnnc2SCC(=O)Nc2cccc(Cl)c2N(C)C)cc1. The van der Waals surface area contributed by atoms with Crippen molar-refractivity contribution in [2.24, 2.45) is 0 Å². The number of amides is 1. The molecule has 152 valence electrons. The standard InChI is InChI=1S/C21H24ClN5OS/c1-14(2)15-8-10-16(11-9-15)27-13-23-25-21(27)29-12-19(28)24-18-7-5-6-17(22)20(18)26(3)4/h5-11,13-14H,12H2,1-4H3,(H,24,28). The predicted octanol–water partition coefficient (Wildman–Crippen LogP) is 4.84. The van der Waals surface area contributed by atoms with Gasteiger partial charge in [-0.05, 0) is 35.7 Å². The van der Waals surface area contributed by atoms with Crippen molar-refractivity contribution >= 4 is 40.6 Å². The van der Waals surface area contributed by atoms with Crippen LogP contribution in [0.3, 0.4) is 0 Å². The average molecular weight is 430 g/mol. The Morgan fingerprint density at radius 3 is 2.59 bits per heavy atom. The molecule has 0 spiro atoms. The van der Waals surface area contributed by atoms with E-state index in [0.717, 1.165) is 11.4 Å². The van der Waals surface area contributed by atoms with Crippen LogP contribution in [-0.4, -0.2) is 40.5 Å². The van der Waals surface area contributed by atoms with Gasteiger partial charge in [0.25, 0.3) is 0 Å². The van der Waals surface area contributed by atoms with E-state index in [1.54, 1.807) is 12.4 Å². The second-order valence-electron chi connectivity index (χ2n) is 7.10. The van der Waals surface area contributed by atoms with Gasteiger partial charge in [0, 0.05) is 19.8 Å². The maximum Gasteiger partial charge on any atom is 0.234 e. The molecule has 0 radical (unpaired) electrons. The van der Waals surface area contributed by atoms with Gasteiger partial charge in [0.15, 0.2) is 5.16 Å². The van der Waals surface area contributed by atoms with Crippen LogP contribution in [-0.2, 0) is 4.79 Å². The molecule has 0 saturated carbocycles. The highest BCUT2D eigenvalue weighted by Crippen LogP contribution is 2.32. The van der Waals surface area contributed by atoms with Gasteiger partial charge in [-0.15, -0.1) is 10.2 Å². The summed E-state index contributed by atoms with van der Waals surface area (Å²) >= 11 is 7.60.